The molecule has 0 saturated heterocycles. The zero-order valence-corrected chi connectivity index (χ0v) is 21.4. The number of likely N-dealkylation sites (N-methyl/N-ethyl adjacent to an activating group) is 1. The maximum Gasteiger partial charge on any atom is 0.410 e. The first kappa shape index (κ1) is 27.8. The van der Waals surface area contributed by atoms with Gasteiger partial charge in [0, 0.05) is 25.6 Å². The smallest absolute Gasteiger partial charge is 0.410 e. The molecule has 0 fully saturated rings. The number of carbonyl (C=O) groups is 1. The van der Waals surface area contributed by atoms with Gasteiger partial charge in [0.25, 0.3) is 0 Å². The number of nitrogens with zero attached hydrogens (tertiary/aromatic N) is 1. The zero-order valence-electron chi connectivity index (χ0n) is 21.4. The average Bonchev–Trinajstić information content (AvgIpc) is 2.75. The van der Waals surface area contributed by atoms with Crippen molar-refractivity contribution in [3.63, 3.8) is 0 Å². The second kappa shape index (κ2) is 12.8. The molecule has 0 aromatic heterocycles. The van der Waals surface area contributed by atoms with Crippen molar-refractivity contribution < 1.29 is 18.3 Å². The molecule has 0 spiro atoms. The standard InChI is InChI=1S/C28H40F2N2O2/c1-20(2)18-25(32(6)27(33)34-28(3,4)5)19-31-17-7-8-26(21-9-13-23(29)14-10-21)22-11-15-24(30)16-12-22/h9-16,20,25-26,31H,7-8,17-19H2,1-6H3/t25-/m0/s1. The van der Waals surface area contributed by atoms with Crippen LogP contribution in [0.2, 0.25) is 0 Å². The van der Waals surface area contributed by atoms with E-state index < -0.39 is 5.60 Å². The van der Waals surface area contributed by atoms with E-state index in [1.54, 1.807) is 36.2 Å². The molecule has 0 radical (unpaired) electrons. The molecule has 188 valence electrons. The lowest BCUT2D eigenvalue weighted by atomic mass is 9.87. The predicted molar refractivity (Wildman–Crippen MR) is 134 cm³/mol. The monoisotopic (exact) mass is 474 g/mol. The molecule has 1 N–H and O–H groups in total. The summed E-state index contributed by atoms with van der Waals surface area (Å²) >= 11 is 0. The summed E-state index contributed by atoms with van der Waals surface area (Å²) in [5, 5.41) is 3.50. The molecule has 0 aliphatic carbocycles. The number of hydrogen-bond donors (Lipinski definition) is 1. The first-order valence-corrected chi connectivity index (χ1v) is 12.1. The number of amides is 1. The molecule has 34 heavy (non-hydrogen) atoms. The molecule has 6 heteroatoms. The highest BCUT2D eigenvalue weighted by Gasteiger charge is 2.25. The number of hydrogen-bond acceptors (Lipinski definition) is 3. The number of rotatable bonds is 11. The van der Waals surface area contributed by atoms with Gasteiger partial charge in [-0.1, -0.05) is 38.1 Å². The molecule has 0 aliphatic rings. The van der Waals surface area contributed by atoms with Gasteiger partial charge < -0.3 is 15.0 Å². The van der Waals surface area contributed by atoms with Crippen LogP contribution >= 0.6 is 0 Å². The Kier molecular flexibility index (Phi) is 10.5. The van der Waals surface area contributed by atoms with Crippen molar-refractivity contribution in [3.05, 3.63) is 71.3 Å². The second-order valence-corrected chi connectivity index (χ2v) is 10.4. The minimum absolute atomic E-state index is 0.0276. The van der Waals surface area contributed by atoms with Crippen LogP contribution < -0.4 is 5.32 Å². The fourth-order valence-electron chi connectivity index (χ4n) is 4.02. The van der Waals surface area contributed by atoms with Gasteiger partial charge in [0.2, 0.25) is 0 Å². The third-order valence-electron chi connectivity index (χ3n) is 5.74. The predicted octanol–water partition coefficient (Wildman–Crippen LogP) is 6.75. The van der Waals surface area contributed by atoms with E-state index >= 15 is 0 Å². The van der Waals surface area contributed by atoms with E-state index in [2.05, 4.69) is 19.2 Å². The fourth-order valence-corrected chi connectivity index (χ4v) is 4.02. The van der Waals surface area contributed by atoms with Crippen molar-refractivity contribution in [1.82, 2.24) is 10.2 Å². The van der Waals surface area contributed by atoms with Gasteiger partial charge in [-0.2, -0.15) is 0 Å². The Labute approximate surface area is 203 Å². The van der Waals surface area contributed by atoms with Gasteiger partial charge in [0.1, 0.15) is 17.2 Å². The number of halogens is 2. The normalized spacial score (nSPS) is 12.8. The highest BCUT2D eigenvalue weighted by atomic mass is 19.1. The lowest BCUT2D eigenvalue weighted by Crippen LogP contribution is -2.46. The van der Waals surface area contributed by atoms with Crippen molar-refractivity contribution >= 4 is 6.09 Å². The maximum atomic E-state index is 13.4. The van der Waals surface area contributed by atoms with Crippen LogP contribution in [0.15, 0.2) is 48.5 Å². The quantitative estimate of drug-likeness (QED) is 0.366. The van der Waals surface area contributed by atoms with Gasteiger partial charge in [0.15, 0.2) is 0 Å². The molecule has 0 aliphatic heterocycles. The van der Waals surface area contributed by atoms with Gasteiger partial charge >= 0.3 is 6.09 Å². The largest absolute Gasteiger partial charge is 0.444 e. The summed E-state index contributed by atoms with van der Waals surface area (Å²) in [4.78, 5) is 14.2. The second-order valence-electron chi connectivity index (χ2n) is 10.4. The number of benzene rings is 2. The van der Waals surface area contributed by atoms with Crippen LogP contribution in [-0.4, -0.2) is 42.8 Å². The first-order chi connectivity index (χ1) is 16.0. The molecule has 1 atom stereocenters. The maximum absolute atomic E-state index is 13.4. The topological polar surface area (TPSA) is 41.6 Å². The van der Waals surface area contributed by atoms with Crippen molar-refractivity contribution in [2.75, 3.05) is 20.1 Å². The van der Waals surface area contributed by atoms with Crippen LogP contribution in [-0.2, 0) is 4.74 Å². The van der Waals surface area contributed by atoms with Gasteiger partial charge in [-0.15, -0.1) is 0 Å². The van der Waals surface area contributed by atoms with Crippen molar-refractivity contribution in [2.45, 2.75) is 71.4 Å². The summed E-state index contributed by atoms with van der Waals surface area (Å²) in [6.45, 7) is 11.3. The van der Waals surface area contributed by atoms with Crippen LogP contribution in [0.4, 0.5) is 13.6 Å². The molecule has 0 bridgehead atoms. The summed E-state index contributed by atoms with van der Waals surface area (Å²) in [6, 6.07) is 13.1. The van der Waals surface area contributed by atoms with Crippen LogP contribution in [0.25, 0.3) is 0 Å². The minimum Gasteiger partial charge on any atom is -0.444 e. The summed E-state index contributed by atoms with van der Waals surface area (Å²) in [5.74, 6) is -0.0425. The summed E-state index contributed by atoms with van der Waals surface area (Å²) < 4.78 is 32.4. The lowest BCUT2D eigenvalue weighted by molar-refractivity contribution is 0.0204. The van der Waals surface area contributed by atoms with E-state index in [9.17, 15) is 13.6 Å². The zero-order chi connectivity index (χ0) is 25.3. The lowest BCUT2D eigenvalue weighted by Gasteiger charge is -2.32. The Morgan fingerprint density at radius 3 is 1.91 bits per heavy atom. The van der Waals surface area contributed by atoms with Crippen molar-refractivity contribution in [3.8, 4) is 0 Å². The molecule has 2 rings (SSSR count). The van der Waals surface area contributed by atoms with Gasteiger partial charge in [-0.05, 0) is 87.9 Å². The highest BCUT2D eigenvalue weighted by Crippen LogP contribution is 2.29. The Morgan fingerprint density at radius 1 is 0.971 bits per heavy atom. The van der Waals surface area contributed by atoms with Crippen LogP contribution in [0.1, 0.15) is 70.9 Å². The molecule has 2 aromatic rings. The fraction of sp³-hybridized carbons (Fsp3) is 0.536. The van der Waals surface area contributed by atoms with E-state index in [0.717, 1.165) is 36.9 Å². The Balaban J connectivity index is 1.96. The van der Waals surface area contributed by atoms with E-state index in [0.29, 0.717) is 12.5 Å². The first-order valence-electron chi connectivity index (χ1n) is 12.1. The van der Waals surface area contributed by atoms with Gasteiger partial charge in [0.05, 0.1) is 0 Å². The van der Waals surface area contributed by atoms with Crippen LogP contribution in [0.3, 0.4) is 0 Å². The van der Waals surface area contributed by atoms with E-state index in [4.69, 9.17) is 4.74 Å². The molecule has 0 heterocycles. The SMILES string of the molecule is CC(C)C[C@@H](CNCCCC(c1ccc(F)cc1)c1ccc(F)cc1)N(C)C(=O)OC(C)(C)C. The van der Waals surface area contributed by atoms with Gasteiger partial charge in [-0.3, -0.25) is 0 Å². The van der Waals surface area contributed by atoms with E-state index in [-0.39, 0.29) is 29.7 Å². The number of ether oxygens (including phenoxy) is 1. The van der Waals surface area contributed by atoms with Crippen molar-refractivity contribution in [1.29, 1.82) is 0 Å². The van der Waals surface area contributed by atoms with E-state index in [1.165, 1.54) is 24.3 Å². The summed E-state index contributed by atoms with van der Waals surface area (Å²) in [7, 11) is 1.79. The molecule has 4 nitrogen and oxygen atoms in total. The highest BCUT2D eigenvalue weighted by molar-refractivity contribution is 5.68. The van der Waals surface area contributed by atoms with Crippen LogP contribution in [0.5, 0.6) is 0 Å². The van der Waals surface area contributed by atoms with Crippen LogP contribution in [0, 0.1) is 17.6 Å². The molecular weight excluding hydrogens is 434 g/mol. The Hall–Kier alpha value is -2.47. The summed E-state index contributed by atoms with van der Waals surface area (Å²) in [6.07, 6.45) is 2.27. The third-order valence-corrected chi connectivity index (χ3v) is 5.74. The van der Waals surface area contributed by atoms with Crippen molar-refractivity contribution in [2.24, 2.45) is 5.92 Å². The Bertz CT molecular complexity index is 831. The average molecular weight is 475 g/mol. The number of carbonyl (C=O) groups excluding carboxylic acids is 1. The molecular formula is C28H40F2N2O2. The molecule has 0 saturated carbocycles. The number of nitrogens with one attached hydrogen (secondary N) is 1. The third kappa shape index (κ3) is 9.41. The summed E-state index contributed by atoms with van der Waals surface area (Å²) in [5.41, 5.74) is 1.49. The molecule has 0 unspecified atom stereocenters. The minimum atomic E-state index is -0.531. The van der Waals surface area contributed by atoms with Gasteiger partial charge in [-0.25, -0.2) is 13.6 Å². The van der Waals surface area contributed by atoms with E-state index in [1.807, 2.05) is 20.8 Å². The molecule has 2 aromatic carbocycles. The Morgan fingerprint density at radius 2 is 1.47 bits per heavy atom. The molecule has 1 amide bonds.